The molecular formula is C10H8N2O. The zero-order valence-electron chi connectivity index (χ0n) is 6.92. The first-order valence-corrected chi connectivity index (χ1v) is 4.25. The molecule has 0 unspecified atom stereocenters. The molecule has 0 radical (unpaired) electrons. The number of epoxide rings is 1. The molecule has 0 spiro atoms. The minimum atomic E-state index is 0.237. The minimum absolute atomic E-state index is 0.237. The van der Waals surface area contributed by atoms with Crippen molar-refractivity contribution in [1.82, 2.24) is 4.98 Å². The number of fused-ring (bicyclic) bond motifs is 1. The molecule has 3 nitrogen and oxygen atoms in total. The quantitative estimate of drug-likeness (QED) is 0.598. The van der Waals surface area contributed by atoms with Crippen molar-refractivity contribution >= 4 is 11.9 Å². The molecule has 2 atom stereocenters. The number of aromatic nitrogens is 1. The van der Waals surface area contributed by atoms with Crippen LogP contribution in [-0.4, -0.2) is 23.4 Å². The lowest BCUT2D eigenvalue weighted by molar-refractivity contribution is 0.424. The molecule has 0 bridgehead atoms. The van der Waals surface area contributed by atoms with E-state index in [9.17, 15) is 0 Å². The number of hydrogen-bond donors (Lipinski definition) is 0. The predicted molar refractivity (Wildman–Crippen MR) is 49.4 cm³/mol. The van der Waals surface area contributed by atoms with Crippen molar-refractivity contribution in [3.63, 3.8) is 0 Å². The summed E-state index contributed by atoms with van der Waals surface area (Å²) < 4.78 is 5.28. The van der Waals surface area contributed by atoms with E-state index in [-0.39, 0.29) is 12.2 Å². The lowest BCUT2D eigenvalue weighted by atomic mass is 10.1. The molecule has 1 aromatic rings. The number of rotatable bonds is 1. The smallest absolute Gasteiger partial charge is 0.123 e. The molecule has 2 aliphatic rings. The standard InChI is InChI=1S/C10H8N2O/c1-2-7(5-11-3-1)8-4-9-10(13-9)6-12-8/h1-6,9-10H/t9-,10+/m0/s1. The molecule has 64 valence electrons. The first kappa shape index (κ1) is 6.97. The van der Waals surface area contributed by atoms with Crippen LogP contribution >= 0.6 is 0 Å². The number of nitrogens with zero attached hydrogens (tertiary/aromatic N) is 2. The van der Waals surface area contributed by atoms with Gasteiger partial charge in [0.25, 0.3) is 0 Å². The summed E-state index contributed by atoms with van der Waals surface area (Å²) in [4.78, 5) is 8.34. The Morgan fingerprint density at radius 3 is 3.08 bits per heavy atom. The Bertz CT molecular complexity index is 383. The molecule has 0 aromatic carbocycles. The summed E-state index contributed by atoms with van der Waals surface area (Å²) in [6, 6.07) is 3.91. The Morgan fingerprint density at radius 1 is 1.31 bits per heavy atom. The second-order valence-corrected chi connectivity index (χ2v) is 3.14. The average molecular weight is 172 g/mol. The van der Waals surface area contributed by atoms with Gasteiger partial charge < -0.3 is 4.74 Å². The van der Waals surface area contributed by atoms with E-state index >= 15 is 0 Å². The van der Waals surface area contributed by atoms with E-state index in [2.05, 4.69) is 9.98 Å². The highest BCUT2D eigenvalue weighted by Crippen LogP contribution is 2.30. The lowest BCUT2D eigenvalue weighted by Gasteiger charge is -2.02. The van der Waals surface area contributed by atoms with E-state index in [4.69, 9.17) is 4.74 Å². The summed E-state index contributed by atoms with van der Waals surface area (Å²) in [6.07, 6.45) is 7.96. The molecular weight excluding hydrogens is 164 g/mol. The van der Waals surface area contributed by atoms with Gasteiger partial charge in [-0.25, -0.2) is 0 Å². The summed E-state index contributed by atoms with van der Waals surface area (Å²) in [5.74, 6) is 0. The first-order chi connectivity index (χ1) is 6.43. The zero-order valence-corrected chi connectivity index (χ0v) is 6.92. The molecule has 1 saturated heterocycles. The lowest BCUT2D eigenvalue weighted by Crippen LogP contribution is -1.99. The van der Waals surface area contributed by atoms with E-state index in [1.165, 1.54) is 0 Å². The third-order valence-corrected chi connectivity index (χ3v) is 2.20. The summed E-state index contributed by atoms with van der Waals surface area (Å²) >= 11 is 0. The van der Waals surface area contributed by atoms with Gasteiger partial charge in [0.15, 0.2) is 0 Å². The molecule has 3 rings (SSSR count). The Hall–Kier alpha value is -1.48. The Kier molecular flexibility index (Phi) is 1.34. The molecule has 0 amide bonds. The third kappa shape index (κ3) is 1.17. The topological polar surface area (TPSA) is 37.8 Å². The van der Waals surface area contributed by atoms with Crippen LogP contribution < -0.4 is 0 Å². The maximum absolute atomic E-state index is 5.28. The van der Waals surface area contributed by atoms with Gasteiger partial charge in [-0.05, 0) is 18.2 Å². The van der Waals surface area contributed by atoms with E-state index in [1.54, 1.807) is 6.20 Å². The van der Waals surface area contributed by atoms with Gasteiger partial charge in [-0.1, -0.05) is 0 Å². The molecule has 0 N–H and O–H groups in total. The van der Waals surface area contributed by atoms with Crippen molar-refractivity contribution in [1.29, 1.82) is 0 Å². The Balaban J connectivity index is 1.98. The molecule has 0 saturated carbocycles. The highest BCUT2D eigenvalue weighted by molar-refractivity contribution is 5.82. The van der Waals surface area contributed by atoms with Crippen LogP contribution in [-0.2, 0) is 4.74 Å². The van der Waals surface area contributed by atoms with Crippen LogP contribution in [0, 0.1) is 0 Å². The number of pyridine rings is 1. The van der Waals surface area contributed by atoms with Gasteiger partial charge in [0, 0.05) is 24.2 Å². The van der Waals surface area contributed by atoms with Crippen molar-refractivity contribution in [2.24, 2.45) is 4.99 Å². The van der Waals surface area contributed by atoms with Crippen LogP contribution in [0.2, 0.25) is 0 Å². The summed E-state index contributed by atoms with van der Waals surface area (Å²) in [5, 5.41) is 0. The zero-order chi connectivity index (χ0) is 8.67. The van der Waals surface area contributed by atoms with Gasteiger partial charge in [-0.3, -0.25) is 9.98 Å². The monoisotopic (exact) mass is 172 g/mol. The van der Waals surface area contributed by atoms with Gasteiger partial charge in [0.2, 0.25) is 0 Å². The fourth-order valence-corrected chi connectivity index (χ4v) is 1.43. The fraction of sp³-hybridized carbons (Fsp3) is 0.200. The van der Waals surface area contributed by atoms with Gasteiger partial charge in [0.05, 0.1) is 5.70 Å². The van der Waals surface area contributed by atoms with Crippen LogP contribution in [0.15, 0.2) is 35.6 Å². The molecule has 2 aliphatic heterocycles. The minimum Gasteiger partial charge on any atom is -0.359 e. The van der Waals surface area contributed by atoms with Gasteiger partial charge in [-0.15, -0.1) is 0 Å². The molecule has 0 aliphatic carbocycles. The number of ether oxygens (including phenoxy) is 1. The van der Waals surface area contributed by atoms with Crippen molar-refractivity contribution < 1.29 is 4.74 Å². The fourth-order valence-electron chi connectivity index (χ4n) is 1.43. The van der Waals surface area contributed by atoms with Crippen molar-refractivity contribution in [2.45, 2.75) is 12.2 Å². The summed E-state index contributed by atoms with van der Waals surface area (Å²) in [7, 11) is 0. The van der Waals surface area contributed by atoms with Crippen LogP contribution in [0.25, 0.3) is 5.70 Å². The summed E-state index contributed by atoms with van der Waals surface area (Å²) in [5.41, 5.74) is 2.01. The maximum Gasteiger partial charge on any atom is 0.123 e. The van der Waals surface area contributed by atoms with Crippen LogP contribution in [0.5, 0.6) is 0 Å². The highest BCUT2D eigenvalue weighted by atomic mass is 16.6. The molecule has 1 fully saturated rings. The van der Waals surface area contributed by atoms with E-state index in [1.807, 2.05) is 30.6 Å². The maximum atomic E-state index is 5.28. The van der Waals surface area contributed by atoms with E-state index in [0.29, 0.717) is 0 Å². The van der Waals surface area contributed by atoms with Crippen molar-refractivity contribution in [2.75, 3.05) is 0 Å². The van der Waals surface area contributed by atoms with Gasteiger partial charge in [0.1, 0.15) is 12.2 Å². The van der Waals surface area contributed by atoms with E-state index in [0.717, 1.165) is 11.3 Å². The Morgan fingerprint density at radius 2 is 2.31 bits per heavy atom. The first-order valence-electron chi connectivity index (χ1n) is 4.25. The largest absolute Gasteiger partial charge is 0.359 e. The second-order valence-electron chi connectivity index (χ2n) is 3.14. The predicted octanol–water partition coefficient (Wildman–Crippen LogP) is 1.27. The molecule has 1 aromatic heterocycles. The normalized spacial score (nSPS) is 29.4. The van der Waals surface area contributed by atoms with Gasteiger partial charge >= 0.3 is 0 Å². The molecule has 13 heavy (non-hydrogen) atoms. The molecule has 3 heterocycles. The van der Waals surface area contributed by atoms with Gasteiger partial charge in [-0.2, -0.15) is 0 Å². The van der Waals surface area contributed by atoms with Crippen LogP contribution in [0.4, 0.5) is 0 Å². The number of aliphatic imine (C=N–C) groups is 1. The van der Waals surface area contributed by atoms with Crippen molar-refractivity contribution in [3.05, 3.63) is 36.2 Å². The Labute approximate surface area is 75.8 Å². The average Bonchev–Trinajstić information content (AvgIpc) is 2.96. The third-order valence-electron chi connectivity index (χ3n) is 2.20. The van der Waals surface area contributed by atoms with Crippen LogP contribution in [0.1, 0.15) is 5.56 Å². The second kappa shape index (κ2) is 2.50. The SMILES string of the molecule is C1=NC(c2cccnc2)=C[C@@H]2O[C@H]12. The van der Waals surface area contributed by atoms with E-state index < -0.39 is 0 Å². The highest BCUT2D eigenvalue weighted by Gasteiger charge is 2.38. The summed E-state index contributed by atoms with van der Waals surface area (Å²) in [6.45, 7) is 0. The van der Waals surface area contributed by atoms with Crippen molar-refractivity contribution in [3.8, 4) is 0 Å². The molecule has 3 heteroatoms. The number of hydrogen-bond acceptors (Lipinski definition) is 3. The van der Waals surface area contributed by atoms with Crippen LogP contribution in [0.3, 0.4) is 0 Å².